The molecule has 1 aliphatic heterocycles. The first-order chi connectivity index (χ1) is 15.7. The molecule has 32 heavy (non-hydrogen) atoms. The van der Waals surface area contributed by atoms with Gasteiger partial charge in [0.25, 0.3) is 0 Å². The fraction of sp³-hybridized carbons (Fsp3) is 0.292. The molecule has 1 aliphatic rings. The third kappa shape index (κ3) is 4.87. The molecule has 2 aromatic carbocycles. The van der Waals surface area contributed by atoms with E-state index in [9.17, 15) is 4.79 Å². The van der Waals surface area contributed by atoms with E-state index in [1.54, 1.807) is 7.11 Å². The predicted octanol–water partition coefficient (Wildman–Crippen LogP) is 3.83. The summed E-state index contributed by atoms with van der Waals surface area (Å²) in [4.78, 5) is 15.3. The molecular weight excluding hydrogens is 424 g/mol. The zero-order valence-corrected chi connectivity index (χ0v) is 18.8. The Morgan fingerprint density at radius 1 is 1.16 bits per heavy atom. The highest BCUT2D eigenvalue weighted by Gasteiger charge is 2.30. The third-order valence-electron chi connectivity index (χ3n) is 5.25. The van der Waals surface area contributed by atoms with Gasteiger partial charge in [-0.25, -0.2) is 0 Å². The Hall–Kier alpha value is -3.10. The molecule has 0 N–H and O–H groups in total. The van der Waals surface area contributed by atoms with Gasteiger partial charge >= 0.3 is 0 Å². The number of carbonyl (C=O) groups excluding carboxylic acids is 1. The topological polar surface area (TPSA) is 69.5 Å². The maximum atomic E-state index is 13.5. The van der Waals surface area contributed by atoms with Crippen molar-refractivity contribution in [2.45, 2.75) is 17.0 Å². The number of hydrogen-bond acceptors (Lipinski definition) is 6. The lowest BCUT2D eigenvalue weighted by Gasteiger charge is -2.30. The number of carbonyl (C=O) groups is 1. The number of amides is 1. The summed E-state index contributed by atoms with van der Waals surface area (Å²) in [6, 6.07) is 17.5. The van der Waals surface area contributed by atoms with Gasteiger partial charge in [0.2, 0.25) is 5.91 Å². The van der Waals surface area contributed by atoms with Crippen LogP contribution in [-0.4, -0.2) is 59.0 Å². The van der Waals surface area contributed by atoms with E-state index in [1.165, 1.54) is 11.8 Å². The first-order valence-corrected chi connectivity index (χ1v) is 11.4. The summed E-state index contributed by atoms with van der Waals surface area (Å²) in [6.07, 6.45) is 1.81. The highest BCUT2D eigenvalue weighted by atomic mass is 32.2. The second kappa shape index (κ2) is 10.5. The van der Waals surface area contributed by atoms with Crippen molar-refractivity contribution < 1.29 is 14.3 Å². The van der Waals surface area contributed by atoms with Gasteiger partial charge in [0.15, 0.2) is 11.0 Å². The molecule has 0 radical (unpaired) electrons. The SMILES string of the molecule is C=CCn1c(S[C@@H](C(=O)N2CCOCC2)c2ccccc2)nnc1-c1ccc(OC)cc1. The van der Waals surface area contributed by atoms with Crippen molar-refractivity contribution >= 4 is 17.7 Å². The summed E-state index contributed by atoms with van der Waals surface area (Å²) >= 11 is 1.42. The van der Waals surface area contributed by atoms with Gasteiger partial charge in [0.05, 0.1) is 20.3 Å². The molecule has 1 amide bonds. The van der Waals surface area contributed by atoms with Crippen molar-refractivity contribution in [1.82, 2.24) is 19.7 Å². The van der Waals surface area contributed by atoms with Crippen LogP contribution in [0.1, 0.15) is 10.8 Å². The first kappa shape index (κ1) is 22.1. The van der Waals surface area contributed by atoms with E-state index in [1.807, 2.05) is 70.1 Å². The van der Waals surface area contributed by atoms with Crippen LogP contribution in [0.5, 0.6) is 5.75 Å². The number of nitrogens with zero attached hydrogens (tertiary/aromatic N) is 4. The van der Waals surface area contributed by atoms with E-state index < -0.39 is 5.25 Å². The molecular formula is C24H26N4O3S. The Labute approximate surface area is 192 Å². The molecule has 0 aliphatic carbocycles. The van der Waals surface area contributed by atoms with Crippen LogP contribution in [0.25, 0.3) is 11.4 Å². The number of morpholine rings is 1. The first-order valence-electron chi connectivity index (χ1n) is 10.5. The number of thioether (sulfide) groups is 1. The lowest BCUT2D eigenvalue weighted by Crippen LogP contribution is -2.42. The summed E-state index contributed by atoms with van der Waals surface area (Å²) < 4.78 is 12.7. The molecule has 166 valence electrons. The van der Waals surface area contributed by atoms with E-state index in [-0.39, 0.29) is 5.91 Å². The number of benzene rings is 2. The second-order valence-electron chi connectivity index (χ2n) is 7.28. The lowest BCUT2D eigenvalue weighted by atomic mass is 10.1. The van der Waals surface area contributed by atoms with Crippen molar-refractivity contribution in [3.8, 4) is 17.1 Å². The molecule has 0 saturated carbocycles. The molecule has 1 aromatic heterocycles. The van der Waals surface area contributed by atoms with Gasteiger partial charge in [-0.2, -0.15) is 0 Å². The maximum Gasteiger partial charge on any atom is 0.240 e. The molecule has 4 rings (SSSR count). The Morgan fingerprint density at radius 2 is 1.88 bits per heavy atom. The minimum atomic E-state index is -0.425. The Balaban J connectivity index is 1.67. The zero-order valence-electron chi connectivity index (χ0n) is 18.0. The Kier molecular flexibility index (Phi) is 7.24. The van der Waals surface area contributed by atoms with Crippen LogP contribution in [0.15, 0.2) is 72.4 Å². The normalized spacial score (nSPS) is 14.7. The van der Waals surface area contributed by atoms with Crippen molar-refractivity contribution in [3.63, 3.8) is 0 Å². The summed E-state index contributed by atoms with van der Waals surface area (Å²) in [5.41, 5.74) is 1.86. The van der Waals surface area contributed by atoms with E-state index in [0.29, 0.717) is 38.0 Å². The van der Waals surface area contributed by atoms with Gasteiger partial charge in [-0.1, -0.05) is 48.2 Å². The Morgan fingerprint density at radius 3 is 2.53 bits per heavy atom. The smallest absolute Gasteiger partial charge is 0.240 e. The van der Waals surface area contributed by atoms with Crippen molar-refractivity contribution in [1.29, 1.82) is 0 Å². The molecule has 7 nitrogen and oxygen atoms in total. The van der Waals surface area contributed by atoms with Gasteiger partial charge < -0.3 is 14.4 Å². The van der Waals surface area contributed by atoms with Gasteiger partial charge in [0.1, 0.15) is 11.0 Å². The monoisotopic (exact) mass is 450 g/mol. The molecule has 0 unspecified atom stereocenters. The highest BCUT2D eigenvalue weighted by Crippen LogP contribution is 2.37. The van der Waals surface area contributed by atoms with Crippen LogP contribution < -0.4 is 4.74 Å². The van der Waals surface area contributed by atoms with Crippen LogP contribution in [0, 0.1) is 0 Å². The van der Waals surface area contributed by atoms with Gasteiger partial charge in [-0.15, -0.1) is 16.8 Å². The van der Waals surface area contributed by atoms with Crippen molar-refractivity contribution in [2.75, 3.05) is 33.4 Å². The van der Waals surface area contributed by atoms with Crippen LogP contribution in [-0.2, 0) is 16.1 Å². The average molecular weight is 451 g/mol. The van der Waals surface area contributed by atoms with Gasteiger partial charge in [0, 0.05) is 25.2 Å². The number of aromatic nitrogens is 3. The fourth-order valence-corrected chi connectivity index (χ4v) is 4.70. The minimum absolute atomic E-state index is 0.0589. The molecule has 0 bridgehead atoms. The van der Waals surface area contributed by atoms with E-state index >= 15 is 0 Å². The third-order valence-corrected chi connectivity index (χ3v) is 6.47. The molecule has 0 spiro atoms. The number of hydrogen-bond donors (Lipinski definition) is 0. The Bertz CT molecular complexity index is 1050. The van der Waals surface area contributed by atoms with Gasteiger partial charge in [-0.05, 0) is 29.8 Å². The van der Waals surface area contributed by atoms with Crippen molar-refractivity contribution in [2.24, 2.45) is 0 Å². The summed E-state index contributed by atoms with van der Waals surface area (Å²) in [7, 11) is 1.64. The summed E-state index contributed by atoms with van der Waals surface area (Å²) in [6.45, 7) is 6.74. The van der Waals surface area contributed by atoms with E-state index in [4.69, 9.17) is 9.47 Å². The largest absolute Gasteiger partial charge is 0.497 e. The summed E-state index contributed by atoms with van der Waals surface area (Å²) in [5, 5.41) is 9.13. The number of methoxy groups -OCH3 is 1. The molecule has 1 atom stereocenters. The fourth-order valence-electron chi connectivity index (χ4n) is 3.57. The number of rotatable bonds is 8. The molecule has 1 saturated heterocycles. The van der Waals surface area contributed by atoms with Crippen LogP contribution in [0.2, 0.25) is 0 Å². The van der Waals surface area contributed by atoms with E-state index in [0.717, 1.165) is 22.7 Å². The molecule has 2 heterocycles. The molecule has 1 fully saturated rings. The molecule has 3 aromatic rings. The maximum absolute atomic E-state index is 13.5. The van der Waals surface area contributed by atoms with Crippen LogP contribution in [0.4, 0.5) is 0 Å². The van der Waals surface area contributed by atoms with Crippen LogP contribution in [0.3, 0.4) is 0 Å². The average Bonchev–Trinajstić information content (AvgIpc) is 3.25. The second-order valence-corrected chi connectivity index (χ2v) is 8.35. The van der Waals surface area contributed by atoms with Crippen LogP contribution >= 0.6 is 11.8 Å². The van der Waals surface area contributed by atoms with Crippen molar-refractivity contribution in [3.05, 3.63) is 72.8 Å². The number of allylic oxidation sites excluding steroid dienone is 1. The molecule has 8 heteroatoms. The summed E-state index contributed by atoms with van der Waals surface area (Å²) in [5.74, 6) is 1.56. The quantitative estimate of drug-likeness (QED) is 0.384. The number of ether oxygens (including phenoxy) is 2. The highest BCUT2D eigenvalue weighted by molar-refractivity contribution is 8.00. The lowest BCUT2D eigenvalue weighted by molar-refractivity contribution is -0.134. The predicted molar refractivity (Wildman–Crippen MR) is 125 cm³/mol. The minimum Gasteiger partial charge on any atom is -0.497 e. The van der Waals surface area contributed by atoms with Gasteiger partial charge in [-0.3, -0.25) is 9.36 Å². The van der Waals surface area contributed by atoms with E-state index in [2.05, 4.69) is 16.8 Å². The standard InChI is InChI=1S/C24H26N4O3S/c1-3-13-28-22(19-9-11-20(30-2)12-10-19)25-26-24(28)32-21(18-7-5-4-6-8-18)23(29)27-14-16-31-17-15-27/h3-12,21H,1,13-17H2,2H3/t21-/m1/s1. The zero-order chi connectivity index (χ0) is 22.3.